The lowest BCUT2D eigenvalue weighted by atomic mass is 10.2. The molecule has 8 nitrogen and oxygen atoms in total. The van der Waals surface area contributed by atoms with Crippen molar-refractivity contribution in [1.82, 2.24) is 19.6 Å². The highest BCUT2D eigenvalue weighted by molar-refractivity contribution is 6.31. The maximum absolute atomic E-state index is 12.3. The van der Waals surface area contributed by atoms with E-state index in [4.69, 9.17) is 16.3 Å². The highest BCUT2D eigenvalue weighted by atomic mass is 35.5. The number of nitrogens with one attached hydrogen (secondary N) is 2. The third-order valence-electron chi connectivity index (χ3n) is 3.30. The van der Waals surface area contributed by atoms with Gasteiger partial charge in [-0.1, -0.05) is 17.7 Å². The number of hydrogen-bond acceptors (Lipinski definition) is 6. The number of benzene rings is 1. The average Bonchev–Trinajstić information content (AvgIpc) is 2.95. The number of anilines is 2. The minimum absolute atomic E-state index is 0.140. The van der Waals surface area contributed by atoms with Crippen LogP contribution >= 0.6 is 11.6 Å². The van der Waals surface area contributed by atoms with Gasteiger partial charge in [-0.25, -0.2) is 4.79 Å². The Morgan fingerprint density at radius 2 is 2.25 bits per heavy atom. The number of halogens is 1. The largest absolute Gasteiger partial charge is 0.462 e. The zero-order valence-corrected chi connectivity index (χ0v) is 13.7. The quantitative estimate of drug-likeness (QED) is 0.702. The van der Waals surface area contributed by atoms with Crippen molar-refractivity contribution in [3.05, 3.63) is 50.9 Å². The highest BCUT2D eigenvalue weighted by Crippen LogP contribution is 2.21. The van der Waals surface area contributed by atoms with Crippen LogP contribution in [0.1, 0.15) is 22.8 Å². The van der Waals surface area contributed by atoms with Crippen LogP contribution in [0.5, 0.6) is 0 Å². The van der Waals surface area contributed by atoms with Crippen LogP contribution in [0.15, 0.2) is 29.2 Å². The molecule has 2 N–H and O–H groups in total. The summed E-state index contributed by atoms with van der Waals surface area (Å²) >= 11 is 6.08. The summed E-state index contributed by atoms with van der Waals surface area (Å²) in [6.07, 6.45) is 1.26. The molecule has 24 heavy (non-hydrogen) atoms. The molecule has 0 saturated carbocycles. The Balaban J connectivity index is 1.96. The van der Waals surface area contributed by atoms with Crippen molar-refractivity contribution in [2.75, 3.05) is 11.9 Å². The highest BCUT2D eigenvalue weighted by Gasteiger charge is 2.16. The lowest BCUT2D eigenvalue weighted by Gasteiger charge is -2.03. The maximum atomic E-state index is 12.3. The Bertz CT molecular complexity index is 979. The van der Waals surface area contributed by atoms with Crippen LogP contribution in [0.25, 0.3) is 5.78 Å². The van der Waals surface area contributed by atoms with Crippen molar-refractivity contribution in [3.63, 3.8) is 0 Å². The first-order valence-electron chi connectivity index (χ1n) is 7.18. The van der Waals surface area contributed by atoms with E-state index < -0.39 is 11.5 Å². The van der Waals surface area contributed by atoms with Crippen LogP contribution in [0, 0.1) is 6.92 Å². The number of hydrogen-bond donors (Lipinski definition) is 2. The van der Waals surface area contributed by atoms with Gasteiger partial charge in [0, 0.05) is 16.9 Å². The Hall–Kier alpha value is -2.87. The molecule has 0 bridgehead atoms. The molecule has 0 aliphatic carbocycles. The lowest BCUT2D eigenvalue weighted by molar-refractivity contribution is 0.0523. The first-order valence-corrected chi connectivity index (χ1v) is 7.56. The third kappa shape index (κ3) is 2.95. The van der Waals surface area contributed by atoms with Crippen LogP contribution in [0.2, 0.25) is 5.02 Å². The molecule has 3 aromatic rings. The summed E-state index contributed by atoms with van der Waals surface area (Å²) in [6.45, 7) is 3.73. The third-order valence-corrected chi connectivity index (χ3v) is 3.71. The number of nitrogens with zero attached hydrogens (tertiary/aromatic N) is 3. The van der Waals surface area contributed by atoms with E-state index in [0.717, 1.165) is 10.1 Å². The van der Waals surface area contributed by atoms with E-state index in [9.17, 15) is 9.59 Å². The van der Waals surface area contributed by atoms with E-state index in [1.807, 2.05) is 19.1 Å². The summed E-state index contributed by atoms with van der Waals surface area (Å²) in [6, 6.07) is 5.40. The number of carbonyl (C=O) groups excluding carboxylic acids is 1. The van der Waals surface area contributed by atoms with Gasteiger partial charge < -0.3 is 15.0 Å². The smallest absolute Gasteiger partial charge is 0.345 e. The van der Waals surface area contributed by atoms with Gasteiger partial charge in [-0.2, -0.15) is 9.50 Å². The molecule has 124 valence electrons. The van der Waals surface area contributed by atoms with Crippen LogP contribution in [-0.4, -0.2) is 32.2 Å². The van der Waals surface area contributed by atoms with E-state index in [0.29, 0.717) is 10.7 Å². The molecule has 2 heterocycles. The van der Waals surface area contributed by atoms with Gasteiger partial charge in [0.05, 0.1) is 6.61 Å². The molecule has 1 aromatic carbocycles. The van der Waals surface area contributed by atoms with Gasteiger partial charge in [0.25, 0.3) is 5.56 Å². The molecule has 2 aromatic heterocycles. The first-order chi connectivity index (χ1) is 11.5. The summed E-state index contributed by atoms with van der Waals surface area (Å²) in [5, 5.41) is 7.62. The fourth-order valence-corrected chi connectivity index (χ4v) is 2.25. The number of ether oxygens (including phenoxy) is 1. The second-order valence-electron chi connectivity index (χ2n) is 4.99. The SMILES string of the molecule is CCOC(=O)c1c[nH]c2nc(Nc3ccc(C)c(Cl)c3)nn2c1=O. The molecule has 3 rings (SSSR count). The van der Waals surface area contributed by atoms with E-state index in [1.54, 1.807) is 13.0 Å². The van der Waals surface area contributed by atoms with E-state index in [-0.39, 0.29) is 23.9 Å². The number of aromatic amines is 1. The van der Waals surface area contributed by atoms with Gasteiger partial charge in [0.2, 0.25) is 11.7 Å². The maximum Gasteiger partial charge on any atom is 0.345 e. The average molecular weight is 348 g/mol. The number of fused-ring (bicyclic) bond motifs is 1. The molecule has 0 aliphatic heterocycles. The van der Waals surface area contributed by atoms with Crippen molar-refractivity contribution in [1.29, 1.82) is 0 Å². The summed E-state index contributed by atoms with van der Waals surface area (Å²) in [7, 11) is 0. The van der Waals surface area contributed by atoms with E-state index in [2.05, 4.69) is 20.4 Å². The van der Waals surface area contributed by atoms with Gasteiger partial charge in [0.1, 0.15) is 5.56 Å². The molecule has 0 spiro atoms. The normalized spacial score (nSPS) is 10.8. The molecule has 9 heteroatoms. The van der Waals surface area contributed by atoms with Crippen LogP contribution < -0.4 is 10.9 Å². The Morgan fingerprint density at radius 1 is 1.46 bits per heavy atom. The first kappa shape index (κ1) is 16.0. The standard InChI is InChI=1S/C15H14ClN5O3/c1-3-24-13(23)10-7-17-15-19-14(20-21(15)12(10)22)18-9-5-4-8(2)11(16)6-9/h4-7H,3H2,1-2H3,(H2,17,18,19,20). The molecule has 0 radical (unpaired) electrons. The zero-order valence-electron chi connectivity index (χ0n) is 13.0. The number of aryl methyl sites for hydroxylation is 1. The summed E-state index contributed by atoms with van der Waals surface area (Å²) < 4.78 is 5.84. The number of esters is 1. The predicted molar refractivity (Wildman–Crippen MR) is 89.0 cm³/mol. The molecule has 0 atom stereocenters. The Morgan fingerprint density at radius 3 is 2.96 bits per heavy atom. The molecule has 0 amide bonds. The Kier molecular flexibility index (Phi) is 4.22. The number of H-pyrrole nitrogens is 1. The van der Waals surface area contributed by atoms with Gasteiger partial charge >= 0.3 is 5.97 Å². The zero-order chi connectivity index (χ0) is 17.3. The molecule has 0 saturated heterocycles. The lowest BCUT2D eigenvalue weighted by Crippen LogP contribution is -2.24. The van der Waals surface area contributed by atoms with E-state index in [1.165, 1.54) is 6.20 Å². The van der Waals surface area contributed by atoms with Crippen LogP contribution in [0.4, 0.5) is 11.6 Å². The van der Waals surface area contributed by atoms with Crippen LogP contribution in [-0.2, 0) is 4.74 Å². The second-order valence-corrected chi connectivity index (χ2v) is 5.39. The van der Waals surface area contributed by atoms with E-state index >= 15 is 0 Å². The summed E-state index contributed by atoms with van der Waals surface area (Å²) in [5.41, 5.74) is 0.878. The molecular weight excluding hydrogens is 334 g/mol. The topological polar surface area (TPSA) is 101 Å². The molecule has 0 aliphatic rings. The van der Waals surface area contributed by atoms with Gasteiger partial charge in [-0.15, -0.1) is 5.10 Å². The fraction of sp³-hybridized carbons (Fsp3) is 0.200. The van der Waals surface area contributed by atoms with Crippen LogP contribution in [0.3, 0.4) is 0 Å². The number of carbonyl (C=O) groups is 1. The number of aromatic nitrogens is 4. The minimum Gasteiger partial charge on any atom is -0.462 e. The second kappa shape index (κ2) is 6.32. The van der Waals surface area contributed by atoms with Crippen molar-refractivity contribution in [2.24, 2.45) is 0 Å². The number of rotatable bonds is 4. The van der Waals surface area contributed by atoms with Gasteiger partial charge in [-0.3, -0.25) is 4.79 Å². The van der Waals surface area contributed by atoms with Crippen molar-refractivity contribution in [2.45, 2.75) is 13.8 Å². The molecule has 0 unspecified atom stereocenters. The Labute approximate surface area is 141 Å². The van der Waals surface area contributed by atoms with Gasteiger partial charge in [0.15, 0.2) is 0 Å². The molecular formula is C15H14ClN5O3. The van der Waals surface area contributed by atoms with Gasteiger partial charge in [-0.05, 0) is 31.5 Å². The minimum atomic E-state index is -0.712. The van der Waals surface area contributed by atoms with Crippen molar-refractivity contribution in [3.8, 4) is 0 Å². The summed E-state index contributed by atoms with van der Waals surface area (Å²) in [5.74, 6) is -0.311. The fourth-order valence-electron chi connectivity index (χ4n) is 2.07. The van der Waals surface area contributed by atoms with Crippen molar-refractivity contribution < 1.29 is 9.53 Å². The predicted octanol–water partition coefficient (Wildman–Crippen LogP) is 2.30. The summed E-state index contributed by atoms with van der Waals surface area (Å²) in [4.78, 5) is 30.9. The van der Waals surface area contributed by atoms with Crippen molar-refractivity contribution >= 4 is 35.0 Å². The molecule has 0 fully saturated rings. The monoisotopic (exact) mass is 347 g/mol.